The maximum absolute atomic E-state index is 12.7. The molecule has 2 amide bonds. The molecule has 4 rings (SSSR count). The van der Waals surface area contributed by atoms with Gasteiger partial charge in [-0.3, -0.25) is 9.59 Å². The van der Waals surface area contributed by atoms with E-state index in [1.165, 1.54) is 0 Å². The van der Waals surface area contributed by atoms with Crippen molar-refractivity contribution in [1.82, 2.24) is 19.9 Å². The second kappa shape index (κ2) is 9.80. The predicted octanol–water partition coefficient (Wildman–Crippen LogP) is 4.41. The minimum atomic E-state index is -0.169. The molecule has 162 valence electrons. The summed E-state index contributed by atoms with van der Waals surface area (Å²) in [4.78, 5) is 34.1. The molecule has 0 bridgehead atoms. The summed E-state index contributed by atoms with van der Waals surface area (Å²) >= 11 is 13.7. The van der Waals surface area contributed by atoms with Crippen LogP contribution in [0.15, 0.2) is 40.2 Å². The standard InChI is InChI=1S/C21H20Cl2N4O3S/c22-15-5-1-4-14(19(15)23)21(29)27-11-9-26(10-12-27)18(28)8-2-7-17-24-20(25-30-17)16-6-3-13-31-16/h1,3-6,13H,2,7-12H2. The number of amides is 2. The van der Waals surface area contributed by atoms with Gasteiger partial charge in [0.15, 0.2) is 0 Å². The molecule has 0 radical (unpaired) electrons. The number of carbonyl (C=O) groups is 2. The van der Waals surface area contributed by atoms with Crippen molar-refractivity contribution in [2.45, 2.75) is 19.3 Å². The number of aromatic nitrogens is 2. The van der Waals surface area contributed by atoms with Gasteiger partial charge in [-0.1, -0.05) is 40.5 Å². The Morgan fingerprint density at radius 3 is 2.58 bits per heavy atom. The van der Waals surface area contributed by atoms with Crippen LogP contribution in [0.25, 0.3) is 10.7 Å². The predicted molar refractivity (Wildman–Crippen MR) is 119 cm³/mol. The van der Waals surface area contributed by atoms with Crippen LogP contribution in [-0.4, -0.2) is 57.9 Å². The molecule has 0 spiro atoms. The van der Waals surface area contributed by atoms with Crippen LogP contribution in [0.2, 0.25) is 10.0 Å². The van der Waals surface area contributed by atoms with Gasteiger partial charge in [-0.25, -0.2) is 0 Å². The van der Waals surface area contributed by atoms with Gasteiger partial charge in [0.25, 0.3) is 5.91 Å². The van der Waals surface area contributed by atoms with Gasteiger partial charge in [0.2, 0.25) is 17.6 Å². The summed E-state index contributed by atoms with van der Waals surface area (Å²) in [7, 11) is 0. The lowest BCUT2D eigenvalue weighted by Crippen LogP contribution is -2.50. The minimum Gasteiger partial charge on any atom is -0.339 e. The van der Waals surface area contributed by atoms with Crippen LogP contribution >= 0.6 is 34.5 Å². The fourth-order valence-corrected chi connectivity index (χ4v) is 4.44. The van der Waals surface area contributed by atoms with Gasteiger partial charge >= 0.3 is 0 Å². The van der Waals surface area contributed by atoms with E-state index in [2.05, 4.69) is 10.1 Å². The number of halogens is 2. The fraction of sp³-hybridized carbons (Fsp3) is 0.333. The third-order valence-corrected chi connectivity index (χ3v) is 6.78. The lowest BCUT2D eigenvalue weighted by molar-refractivity contribution is -0.132. The van der Waals surface area contributed by atoms with E-state index < -0.39 is 0 Å². The molecule has 0 aliphatic carbocycles. The van der Waals surface area contributed by atoms with Crippen LogP contribution in [-0.2, 0) is 11.2 Å². The minimum absolute atomic E-state index is 0.0610. The number of aryl methyl sites for hydroxylation is 1. The second-order valence-electron chi connectivity index (χ2n) is 7.12. The van der Waals surface area contributed by atoms with Gasteiger partial charge in [-0.15, -0.1) is 11.3 Å². The Balaban J connectivity index is 1.23. The first-order valence-electron chi connectivity index (χ1n) is 9.90. The maximum atomic E-state index is 12.7. The van der Waals surface area contributed by atoms with E-state index >= 15 is 0 Å². The third-order valence-electron chi connectivity index (χ3n) is 5.09. The van der Waals surface area contributed by atoms with Crippen molar-refractivity contribution in [2.75, 3.05) is 26.2 Å². The summed E-state index contributed by atoms with van der Waals surface area (Å²) in [5, 5.41) is 6.55. The molecule has 3 heterocycles. The van der Waals surface area contributed by atoms with Crippen molar-refractivity contribution in [2.24, 2.45) is 0 Å². The van der Waals surface area contributed by atoms with E-state index in [1.54, 1.807) is 39.3 Å². The van der Waals surface area contributed by atoms with Crippen LogP contribution in [0.3, 0.4) is 0 Å². The van der Waals surface area contributed by atoms with Gasteiger partial charge in [-0.05, 0) is 30.0 Å². The highest BCUT2D eigenvalue weighted by atomic mass is 35.5. The van der Waals surface area contributed by atoms with Crippen molar-refractivity contribution in [3.8, 4) is 10.7 Å². The Bertz CT molecular complexity index is 1060. The number of piperazine rings is 1. The summed E-state index contributed by atoms with van der Waals surface area (Å²) in [6.07, 6.45) is 1.57. The highest BCUT2D eigenvalue weighted by Crippen LogP contribution is 2.27. The number of nitrogens with zero attached hydrogens (tertiary/aromatic N) is 4. The number of thiophene rings is 1. The van der Waals surface area contributed by atoms with Gasteiger partial charge in [0.05, 0.1) is 20.5 Å². The first-order valence-corrected chi connectivity index (χ1v) is 11.5. The van der Waals surface area contributed by atoms with Gasteiger partial charge in [0, 0.05) is 39.0 Å². The van der Waals surface area contributed by atoms with Crippen LogP contribution in [0.5, 0.6) is 0 Å². The molecule has 3 aromatic rings. The Morgan fingerprint density at radius 2 is 1.84 bits per heavy atom. The Morgan fingerprint density at radius 1 is 1.06 bits per heavy atom. The average molecular weight is 479 g/mol. The van der Waals surface area contributed by atoms with Crippen molar-refractivity contribution >= 4 is 46.4 Å². The lowest BCUT2D eigenvalue weighted by atomic mass is 10.1. The Hall–Kier alpha value is -2.42. The van der Waals surface area contributed by atoms with E-state index in [1.807, 2.05) is 17.5 Å². The maximum Gasteiger partial charge on any atom is 0.255 e. The monoisotopic (exact) mass is 478 g/mol. The molecule has 1 aliphatic rings. The molecule has 0 unspecified atom stereocenters. The SMILES string of the molecule is O=C(CCCc1nc(-c2cccs2)no1)N1CCN(C(=O)c2cccc(Cl)c2Cl)CC1. The molecule has 1 aliphatic heterocycles. The highest BCUT2D eigenvalue weighted by molar-refractivity contribution is 7.13. The molecule has 2 aromatic heterocycles. The molecule has 31 heavy (non-hydrogen) atoms. The molecular weight excluding hydrogens is 459 g/mol. The molecule has 1 fully saturated rings. The van der Waals surface area contributed by atoms with E-state index in [9.17, 15) is 9.59 Å². The van der Waals surface area contributed by atoms with Crippen molar-refractivity contribution in [1.29, 1.82) is 0 Å². The molecule has 7 nitrogen and oxygen atoms in total. The van der Waals surface area contributed by atoms with E-state index in [0.29, 0.717) is 67.7 Å². The molecule has 0 atom stereocenters. The Kier molecular flexibility index (Phi) is 6.89. The zero-order valence-electron chi connectivity index (χ0n) is 16.6. The first-order chi connectivity index (χ1) is 15.0. The summed E-state index contributed by atoms with van der Waals surface area (Å²) in [6.45, 7) is 1.90. The summed E-state index contributed by atoms with van der Waals surface area (Å²) in [5.74, 6) is 1.00. The largest absolute Gasteiger partial charge is 0.339 e. The number of hydrogen-bond acceptors (Lipinski definition) is 6. The zero-order chi connectivity index (χ0) is 21.8. The smallest absolute Gasteiger partial charge is 0.255 e. The quantitative estimate of drug-likeness (QED) is 0.523. The molecular formula is C21H20Cl2N4O3S. The molecule has 10 heteroatoms. The first kappa shape index (κ1) is 21.8. The number of hydrogen-bond donors (Lipinski definition) is 0. The third kappa shape index (κ3) is 5.08. The van der Waals surface area contributed by atoms with E-state index in [-0.39, 0.29) is 16.8 Å². The average Bonchev–Trinajstić information content (AvgIpc) is 3.47. The van der Waals surface area contributed by atoms with Gasteiger partial charge < -0.3 is 14.3 Å². The number of rotatable bonds is 6. The fourth-order valence-electron chi connectivity index (χ4n) is 3.41. The Labute approximate surface area is 193 Å². The lowest BCUT2D eigenvalue weighted by Gasteiger charge is -2.35. The highest BCUT2D eigenvalue weighted by Gasteiger charge is 2.26. The number of carbonyl (C=O) groups excluding carboxylic acids is 2. The van der Waals surface area contributed by atoms with Crippen molar-refractivity contribution in [3.63, 3.8) is 0 Å². The number of benzene rings is 1. The van der Waals surface area contributed by atoms with Crippen LogP contribution in [0, 0.1) is 0 Å². The van der Waals surface area contributed by atoms with Gasteiger partial charge in [-0.2, -0.15) is 4.98 Å². The van der Waals surface area contributed by atoms with E-state index in [0.717, 1.165) is 4.88 Å². The summed E-state index contributed by atoms with van der Waals surface area (Å²) in [6, 6.07) is 8.89. The van der Waals surface area contributed by atoms with E-state index in [4.69, 9.17) is 27.7 Å². The van der Waals surface area contributed by atoms with Crippen molar-refractivity contribution < 1.29 is 14.1 Å². The topological polar surface area (TPSA) is 79.5 Å². The van der Waals surface area contributed by atoms with Crippen LogP contribution in [0.1, 0.15) is 29.1 Å². The van der Waals surface area contributed by atoms with Crippen LogP contribution < -0.4 is 0 Å². The van der Waals surface area contributed by atoms with Gasteiger partial charge in [0.1, 0.15) is 0 Å². The normalized spacial score (nSPS) is 14.1. The molecule has 0 N–H and O–H groups in total. The second-order valence-corrected chi connectivity index (χ2v) is 8.85. The summed E-state index contributed by atoms with van der Waals surface area (Å²) in [5.41, 5.74) is 0.385. The molecule has 1 aromatic carbocycles. The summed E-state index contributed by atoms with van der Waals surface area (Å²) < 4.78 is 5.27. The molecule has 0 saturated carbocycles. The zero-order valence-corrected chi connectivity index (χ0v) is 18.9. The van der Waals surface area contributed by atoms with Crippen molar-refractivity contribution in [3.05, 3.63) is 57.2 Å². The molecule has 1 saturated heterocycles. The van der Waals surface area contributed by atoms with Crippen LogP contribution in [0.4, 0.5) is 0 Å².